The minimum atomic E-state index is -1.12. The molecule has 1 aliphatic carbocycles. The average Bonchev–Trinajstić information content (AvgIpc) is 3.05. The predicted octanol–water partition coefficient (Wildman–Crippen LogP) is 5.44. The molecule has 8 heteroatoms. The minimum absolute atomic E-state index is 0.107. The van der Waals surface area contributed by atoms with Crippen LogP contribution in [0.15, 0.2) is 60.9 Å². The molecule has 2 N–H and O–H groups in total. The summed E-state index contributed by atoms with van der Waals surface area (Å²) in [5.41, 5.74) is 4.68. The molecule has 1 amide bonds. The molecule has 0 bridgehead atoms. The van der Waals surface area contributed by atoms with E-state index in [1.807, 2.05) is 48.5 Å². The van der Waals surface area contributed by atoms with Gasteiger partial charge in [-0.3, -0.25) is 9.78 Å². The zero-order valence-electron chi connectivity index (χ0n) is 16.2. The summed E-state index contributed by atoms with van der Waals surface area (Å²) in [6.45, 7) is 0.109. The van der Waals surface area contributed by atoms with Gasteiger partial charge in [0.15, 0.2) is 0 Å². The smallest absolute Gasteiger partial charge is 0.407 e. The number of aliphatic carboxylic acids is 1. The lowest BCUT2D eigenvalue weighted by atomic mass is 9.98. The van der Waals surface area contributed by atoms with Crippen molar-refractivity contribution in [1.82, 2.24) is 10.3 Å². The van der Waals surface area contributed by atoms with Crippen LogP contribution in [0.2, 0.25) is 10.0 Å². The Labute approximate surface area is 188 Å². The van der Waals surface area contributed by atoms with Gasteiger partial charge in [-0.25, -0.2) is 4.79 Å². The standard InChI is InChI=1S/C23H18Cl2N2O4/c24-18-10-26-11-19(25)22(18)20(9-21(28)29)27-23(30)31-12-17-15-7-3-1-5-13(15)14-6-2-4-8-16(14)17/h1-8,10-11,17,20H,9,12H2,(H,27,30)(H,28,29)/t20-/m1/s1. The highest BCUT2D eigenvalue weighted by molar-refractivity contribution is 6.35. The summed E-state index contributed by atoms with van der Waals surface area (Å²) in [5.74, 6) is -1.22. The van der Waals surface area contributed by atoms with Crippen molar-refractivity contribution in [1.29, 1.82) is 0 Å². The number of rotatable bonds is 6. The molecule has 158 valence electrons. The molecule has 3 aromatic rings. The van der Waals surface area contributed by atoms with Gasteiger partial charge in [-0.15, -0.1) is 0 Å². The number of ether oxygens (including phenoxy) is 1. The highest BCUT2D eigenvalue weighted by Crippen LogP contribution is 2.44. The van der Waals surface area contributed by atoms with Crippen molar-refractivity contribution in [3.63, 3.8) is 0 Å². The van der Waals surface area contributed by atoms with Crippen molar-refractivity contribution in [2.24, 2.45) is 0 Å². The maximum absolute atomic E-state index is 12.6. The third-order valence-corrected chi connectivity index (χ3v) is 5.86. The molecule has 2 aromatic carbocycles. The zero-order chi connectivity index (χ0) is 22.0. The molecule has 4 rings (SSSR count). The quantitative estimate of drug-likeness (QED) is 0.515. The van der Waals surface area contributed by atoms with Gasteiger partial charge in [0.05, 0.1) is 22.5 Å². The Kier molecular flexibility index (Phi) is 6.11. The van der Waals surface area contributed by atoms with Crippen LogP contribution in [-0.2, 0) is 9.53 Å². The van der Waals surface area contributed by atoms with Crippen LogP contribution in [0.25, 0.3) is 11.1 Å². The second kappa shape index (κ2) is 8.96. The number of carboxylic acid groups (broad SMARTS) is 1. The average molecular weight is 457 g/mol. The van der Waals surface area contributed by atoms with E-state index in [9.17, 15) is 14.7 Å². The fourth-order valence-electron chi connectivity index (χ4n) is 3.94. The number of carbonyl (C=O) groups excluding carboxylic acids is 1. The van der Waals surface area contributed by atoms with Gasteiger partial charge >= 0.3 is 12.1 Å². The van der Waals surface area contributed by atoms with Crippen molar-refractivity contribution in [2.75, 3.05) is 6.61 Å². The van der Waals surface area contributed by atoms with E-state index < -0.39 is 24.5 Å². The number of amides is 1. The summed E-state index contributed by atoms with van der Waals surface area (Å²) in [6.07, 6.45) is 1.53. The molecule has 0 unspecified atom stereocenters. The Morgan fingerprint density at radius 2 is 1.55 bits per heavy atom. The molecule has 0 radical (unpaired) electrons. The van der Waals surface area contributed by atoms with Crippen molar-refractivity contribution in [3.05, 3.63) is 87.7 Å². The third-order valence-electron chi connectivity index (χ3n) is 5.25. The Balaban J connectivity index is 1.51. The molecule has 0 fully saturated rings. The first kappa shape index (κ1) is 21.2. The summed E-state index contributed by atoms with van der Waals surface area (Å²) < 4.78 is 5.51. The zero-order valence-corrected chi connectivity index (χ0v) is 17.7. The number of nitrogens with one attached hydrogen (secondary N) is 1. The third kappa shape index (κ3) is 4.36. The van der Waals surface area contributed by atoms with E-state index in [1.165, 1.54) is 12.4 Å². The topological polar surface area (TPSA) is 88.5 Å². The van der Waals surface area contributed by atoms with Crippen LogP contribution in [0.4, 0.5) is 4.79 Å². The van der Waals surface area contributed by atoms with Gasteiger partial charge in [-0.05, 0) is 22.3 Å². The lowest BCUT2D eigenvalue weighted by molar-refractivity contribution is -0.137. The maximum atomic E-state index is 12.6. The molecular formula is C23H18Cl2N2O4. The Morgan fingerprint density at radius 3 is 2.10 bits per heavy atom. The number of nitrogens with zero attached hydrogens (tertiary/aromatic N) is 1. The molecule has 0 aliphatic heterocycles. The van der Waals surface area contributed by atoms with E-state index in [4.69, 9.17) is 27.9 Å². The van der Waals surface area contributed by atoms with Gasteiger partial charge in [0.1, 0.15) is 6.61 Å². The van der Waals surface area contributed by atoms with Gasteiger partial charge in [-0.1, -0.05) is 71.7 Å². The van der Waals surface area contributed by atoms with Crippen LogP contribution in [-0.4, -0.2) is 28.8 Å². The fourth-order valence-corrected chi connectivity index (χ4v) is 4.56. The molecule has 0 saturated heterocycles. The summed E-state index contributed by atoms with van der Waals surface area (Å²) in [5, 5.41) is 12.2. The number of carbonyl (C=O) groups is 2. The number of benzene rings is 2. The van der Waals surface area contributed by atoms with Crippen molar-refractivity contribution in [3.8, 4) is 11.1 Å². The van der Waals surface area contributed by atoms with E-state index in [0.717, 1.165) is 22.3 Å². The SMILES string of the molecule is O=C(O)C[C@@H](NC(=O)OCC1c2ccccc2-c2ccccc21)c1c(Cl)cncc1Cl. The van der Waals surface area contributed by atoms with E-state index in [-0.39, 0.29) is 28.1 Å². The molecule has 1 atom stereocenters. The van der Waals surface area contributed by atoms with Crippen LogP contribution in [0.5, 0.6) is 0 Å². The molecule has 1 aliphatic rings. The van der Waals surface area contributed by atoms with Gasteiger partial charge < -0.3 is 15.2 Å². The Hall–Kier alpha value is -3.09. The second-order valence-corrected chi connectivity index (χ2v) is 7.95. The number of fused-ring (bicyclic) bond motifs is 3. The van der Waals surface area contributed by atoms with Crippen molar-refractivity contribution >= 4 is 35.3 Å². The molecule has 1 aromatic heterocycles. The number of hydrogen-bond donors (Lipinski definition) is 2. The largest absolute Gasteiger partial charge is 0.481 e. The molecule has 6 nitrogen and oxygen atoms in total. The second-order valence-electron chi connectivity index (χ2n) is 7.14. The van der Waals surface area contributed by atoms with Crippen LogP contribution in [0, 0.1) is 0 Å². The normalized spacial score (nSPS) is 13.2. The number of pyridine rings is 1. The molecule has 31 heavy (non-hydrogen) atoms. The lowest BCUT2D eigenvalue weighted by Crippen LogP contribution is -2.32. The van der Waals surface area contributed by atoms with Crippen LogP contribution in [0.1, 0.15) is 35.1 Å². The van der Waals surface area contributed by atoms with Gasteiger partial charge in [0, 0.05) is 23.9 Å². The number of hydrogen-bond acceptors (Lipinski definition) is 4. The number of halogens is 2. The predicted molar refractivity (Wildman–Crippen MR) is 117 cm³/mol. The summed E-state index contributed by atoms with van der Waals surface area (Å²) in [6, 6.07) is 15.0. The van der Waals surface area contributed by atoms with E-state index in [1.54, 1.807) is 0 Å². The maximum Gasteiger partial charge on any atom is 0.407 e. The number of carboxylic acids is 1. The first-order valence-electron chi connectivity index (χ1n) is 9.58. The van der Waals surface area contributed by atoms with Crippen molar-refractivity contribution in [2.45, 2.75) is 18.4 Å². The lowest BCUT2D eigenvalue weighted by Gasteiger charge is -2.20. The molecular weight excluding hydrogens is 439 g/mol. The van der Waals surface area contributed by atoms with Gasteiger partial charge in [-0.2, -0.15) is 0 Å². The highest BCUT2D eigenvalue weighted by atomic mass is 35.5. The van der Waals surface area contributed by atoms with Crippen LogP contribution >= 0.6 is 23.2 Å². The van der Waals surface area contributed by atoms with E-state index in [2.05, 4.69) is 10.3 Å². The molecule has 1 heterocycles. The first-order valence-corrected chi connectivity index (χ1v) is 10.3. The number of aromatic nitrogens is 1. The minimum Gasteiger partial charge on any atom is -0.481 e. The summed E-state index contributed by atoms with van der Waals surface area (Å²) in [4.78, 5) is 27.8. The van der Waals surface area contributed by atoms with Crippen LogP contribution < -0.4 is 5.32 Å². The van der Waals surface area contributed by atoms with E-state index in [0.29, 0.717) is 0 Å². The monoisotopic (exact) mass is 456 g/mol. The van der Waals surface area contributed by atoms with Gasteiger partial charge in [0.25, 0.3) is 0 Å². The highest BCUT2D eigenvalue weighted by Gasteiger charge is 2.30. The van der Waals surface area contributed by atoms with Crippen LogP contribution in [0.3, 0.4) is 0 Å². The molecule has 0 saturated carbocycles. The number of alkyl carbamates (subject to hydrolysis) is 1. The van der Waals surface area contributed by atoms with Crippen molar-refractivity contribution < 1.29 is 19.4 Å². The Bertz CT molecular complexity index is 1090. The first-order chi connectivity index (χ1) is 15.0. The van der Waals surface area contributed by atoms with E-state index >= 15 is 0 Å². The summed E-state index contributed by atoms with van der Waals surface area (Å²) >= 11 is 12.3. The Morgan fingerprint density at radius 1 is 1.00 bits per heavy atom. The van der Waals surface area contributed by atoms with Gasteiger partial charge in [0.2, 0.25) is 0 Å². The molecule has 0 spiro atoms. The fraction of sp³-hybridized carbons (Fsp3) is 0.174. The summed E-state index contributed by atoms with van der Waals surface area (Å²) in [7, 11) is 0.